The van der Waals surface area contributed by atoms with Crippen LogP contribution in [0.25, 0.3) is 5.57 Å². The topological polar surface area (TPSA) is 40.5 Å². The van der Waals surface area contributed by atoms with Crippen LogP contribution in [0.4, 0.5) is 0 Å². The van der Waals surface area contributed by atoms with Crippen LogP contribution in [-0.2, 0) is 4.79 Å². The molecule has 1 aliphatic rings. The Bertz CT molecular complexity index is 579. The van der Waals surface area contributed by atoms with E-state index in [-0.39, 0.29) is 17.6 Å². The number of nitrogens with zero attached hydrogens (tertiary/aromatic N) is 1. The molecule has 25 heavy (non-hydrogen) atoms. The molecule has 1 aromatic carbocycles. The quantitative estimate of drug-likeness (QED) is 0.740. The number of rotatable bonds is 7. The Morgan fingerprint density at radius 3 is 2.52 bits per heavy atom. The van der Waals surface area contributed by atoms with Crippen molar-refractivity contribution < 1.29 is 9.90 Å². The van der Waals surface area contributed by atoms with Gasteiger partial charge < -0.3 is 10.0 Å². The summed E-state index contributed by atoms with van der Waals surface area (Å²) >= 11 is 0. The zero-order valence-corrected chi connectivity index (χ0v) is 16.1. The fraction of sp³-hybridized carbons (Fsp3) is 0.591. The number of aliphatic hydroxyl groups is 1. The van der Waals surface area contributed by atoms with E-state index in [1.165, 1.54) is 5.57 Å². The third-order valence-electron chi connectivity index (χ3n) is 5.79. The van der Waals surface area contributed by atoms with E-state index >= 15 is 0 Å². The maximum Gasteiger partial charge on any atom is 0.210 e. The minimum atomic E-state index is -0.372. The summed E-state index contributed by atoms with van der Waals surface area (Å²) in [7, 11) is 0. The minimum absolute atomic E-state index is 0.118. The van der Waals surface area contributed by atoms with Crippen LogP contribution in [-0.4, -0.2) is 34.6 Å². The van der Waals surface area contributed by atoms with Crippen LogP contribution >= 0.6 is 0 Å². The van der Waals surface area contributed by atoms with Gasteiger partial charge in [0, 0.05) is 18.0 Å². The Hall–Kier alpha value is -1.61. The first kappa shape index (κ1) is 19.7. The van der Waals surface area contributed by atoms with Crippen molar-refractivity contribution in [3.8, 4) is 0 Å². The van der Waals surface area contributed by atoms with Gasteiger partial charge in [0.15, 0.2) is 0 Å². The number of benzene rings is 1. The van der Waals surface area contributed by atoms with Crippen molar-refractivity contribution >= 4 is 12.0 Å². The van der Waals surface area contributed by atoms with E-state index in [1.54, 1.807) is 0 Å². The van der Waals surface area contributed by atoms with Crippen molar-refractivity contribution in [3.05, 3.63) is 42.0 Å². The summed E-state index contributed by atoms with van der Waals surface area (Å²) < 4.78 is 0. The molecule has 1 fully saturated rings. The molecule has 3 atom stereocenters. The van der Waals surface area contributed by atoms with E-state index in [1.807, 2.05) is 23.1 Å². The Labute approximate surface area is 152 Å². The summed E-state index contributed by atoms with van der Waals surface area (Å²) in [5.74, 6) is 0.680. The molecule has 3 nitrogen and oxygen atoms in total. The number of hydrogen-bond acceptors (Lipinski definition) is 2. The molecule has 1 amide bonds. The van der Waals surface area contributed by atoms with Gasteiger partial charge in [-0.1, -0.05) is 56.7 Å². The lowest BCUT2D eigenvalue weighted by Crippen LogP contribution is -2.54. The number of carbonyl (C=O) groups is 1. The van der Waals surface area contributed by atoms with Gasteiger partial charge in [-0.15, -0.1) is 0 Å². The van der Waals surface area contributed by atoms with E-state index in [4.69, 9.17) is 0 Å². The smallest absolute Gasteiger partial charge is 0.210 e. The first-order chi connectivity index (χ1) is 11.9. The van der Waals surface area contributed by atoms with Gasteiger partial charge in [0.1, 0.15) is 0 Å². The third-order valence-corrected chi connectivity index (χ3v) is 5.79. The first-order valence-corrected chi connectivity index (χ1v) is 9.54. The van der Waals surface area contributed by atoms with Crippen molar-refractivity contribution in [2.45, 2.75) is 65.0 Å². The lowest BCUT2D eigenvalue weighted by Gasteiger charge is -2.47. The van der Waals surface area contributed by atoms with Crippen molar-refractivity contribution in [3.63, 3.8) is 0 Å². The molecular weight excluding hydrogens is 310 g/mol. The second-order valence-corrected chi connectivity index (χ2v) is 7.98. The van der Waals surface area contributed by atoms with E-state index in [0.29, 0.717) is 12.5 Å². The zero-order chi connectivity index (χ0) is 18.4. The molecule has 0 aliphatic heterocycles. The molecule has 0 unspecified atom stereocenters. The van der Waals surface area contributed by atoms with Crippen LogP contribution in [0.1, 0.15) is 58.9 Å². The van der Waals surface area contributed by atoms with Crippen molar-refractivity contribution in [1.29, 1.82) is 0 Å². The molecule has 0 spiro atoms. The normalized spacial score (nSPS) is 24.8. The molecule has 0 heterocycles. The number of aliphatic hydroxyl groups excluding tert-OH is 1. The van der Waals surface area contributed by atoms with Gasteiger partial charge in [-0.3, -0.25) is 4.79 Å². The molecule has 3 heteroatoms. The van der Waals surface area contributed by atoms with E-state index < -0.39 is 0 Å². The zero-order valence-electron chi connectivity index (χ0n) is 16.1. The molecule has 0 saturated heterocycles. The fourth-order valence-corrected chi connectivity index (χ4v) is 4.12. The summed E-state index contributed by atoms with van der Waals surface area (Å²) in [5, 5.41) is 10.6. The average Bonchev–Trinajstić information content (AvgIpc) is 2.58. The number of hydrogen-bond donors (Lipinski definition) is 1. The Morgan fingerprint density at radius 2 is 1.96 bits per heavy atom. The summed E-state index contributed by atoms with van der Waals surface area (Å²) in [6, 6.07) is 10.3. The fourth-order valence-electron chi connectivity index (χ4n) is 4.12. The lowest BCUT2D eigenvalue weighted by atomic mass is 9.71. The monoisotopic (exact) mass is 343 g/mol. The molecule has 1 saturated carbocycles. The van der Waals surface area contributed by atoms with Crippen LogP contribution in [0.2, 0.25) is 0 Å². The van der Waals surface area contributed by atoms with Gasteiger partial charge in [0.25, 0.3) is 0 Å². The average molecular weight is 344 g/mol. The highest BCUT2D eigenvalue weighted by atomic mass is 16.3. The molecule has 0 bridgehead atoms. The molecule has 0 radical (unpaired) electrons. The molecule has 0 aromatic heterocycles. The molecule has 1 N–H and O–H groups in total. The Morgan fingerprint density at radius 1 is 1.28 bits per heavy atom. The van der Waals surface area contributed by atoms with Gasteiger partial charge in [-0.25, -0.2) is 0 Å². The van der Waals surface area contributed by atoms with Gasteiger partial charge in [0.05, 0.1) is 6.10 Å². The van der Waals surface area contributed by atoms with Crippen LogP contribution in [0.15, 0.2) is 36.4 Å². The predicted octanol–water partition coefficient (Wildman–Crippen LogP) is 4.51. The molecule has 1 aromatic rings. The predicted molar refractivity (Wildman–Crippen MR) is 104 cm³/mol. The SMILES string of the molecule is CC/C=C(/CN(C=O)C(C)(C)[C@@H]1CC[C@@H](C)C[C@H]1O)c1ccccc1. The highest BCUT2D eigenvalue weighted by molar-refractivity contribution is 5.69. The van der Waals surface area contributed by atoms with Crippen LogP contribution < -0.4 is 0 Å². The van der Waals surface area contributed by atoms with E-state index in [2.05, 4.69) is 45.9 Å². The molecular formula is C22H33NO2. The number of allylic oxidation sites excluding steroid dienone is 1. The van der Waals surface area contributed by atoms with Gasteiger partial charge >= 0.3 is 0 Å². The van der Waals surface area contributed by atoms with Crippen molar-refractivity contribution in [2.24, 2.45) is 11.8 Å². The molecule has 138 valence electrons. The van der Waals surface area contributed by atoms with Crippen molar-refractivity contribution in [2.75, 3.05) is 6.54 Å². The van der Waals surface area contributed by atoms with E-state index in [9.17, 15) is 9.90 Å². The number of amides is 1. The van der Waals surface area contributed by atoms with Gasteiger partial charge in [0.2, 0.25) is 6.41 Å². The van der Waals surface area contributed by atoms with Crippen molar-refractivity contribution in [1.82, 2.24) is 4.90 Å². The second kappa shape index (κ2) is 8.66. The van der Waals surface area contributed by atoms with Gasteiger partial charge in [-0.05, 0) is 50.2 Å². The summed E-state index contributed by atoms with van der Waals surface area (Å²) in [6.45, 7) is 9.08. The van der Waals surface area contributed by atoms with Crippen LogP contribution in [0.3, 0.4) is 0 Å². The van der Waals surface area contributed by atoms with Crippen LogP contribution in [0, 0.1) is 11.8 Å². The molecule has 1 aliphatic carbocycles. The Kier molecular flexibility index (Phi) is 6.83. The maximum absolute atomic E-state index is 12.0. The van der Waals surface area contributed by atoms with Gasteiger partial charge in [-0.2, -0.15) is 0 Å². The molecule has 2 rings (SSSR count). The standard InChI is InChI=1S/C22H33NO2/c1-5-9-19(18-10-7-6-8-11-18)15-23(16-24)22(3,4)20-13-12-17(2)14-21(20)25/h6-11,16-17,20-21,25H,5,12-15H2,1-4H3/b19-9-/t17-,20-,21-/m1/s1. The summed E-state index contributed by atoms with van der Waals surface area (Å²) in [4.78, 5) is 13.8. The summed E-state index contributed by atoms with van der Waals surface area (Å²) in [6.07, 6.45) is 6.67. The van der Waals surface area contributed by atoms with Crippen LogP contribution in [0.5, 0.6) is 0 Å². The Balaban J connectivity index is 2.22. The highest BCUT2D eigenvalue weighted by Gasteiger charge is 2.41. The summed E-state index contributed by atoms with van der Waals surface area (Å²) in [5.41, 5.74) is 1.95. The lowest BCUT2D eigenvalue weighted by molar-refractivity contribution is -0.127. The third kappa shape index (κ3) is 4.72. The highest BCUT2D eigenvalue weighted by Crippen LogP contribution is 2.38. The van der Waals surface area contributed by atoms with E-state index in [0.717, 1.165) is 37.7 Å². The minimum Gasteiger partial charge on any atom is -0.393 e. The first-order valence-electron chi connectivity index (χ1n) is 9.54. The second-order valence-electron chi connectivity index (χ2n) is 7.98. The maximum atomic E-state index is 12.0. The largest absolute Gasteiger partial charge is 0.393 e. The number of carbonyl (C=O) groups excluding carboxylic acids is 1.